The van der Waals surface area contributed by atoms with E-state index in [-0.39, 0.29) is 31.0 Å². The van der Waals surface area contributed by atoms with Gasteiger partial charge in [0.05, 0.1) is 49.1 Å². The quantitative estimate of drug-likeness (QED) is 0.103. The number of imidazole rings is 2. The summed E-state index contributed by atoms with van der Waals surface area (Å²) in [4.78, 5) is 47.7. The molecule has 7 rings (SSSR count). The zero-order valence-electron chi connectivity index (χ0n) is 26.3. The number of fused-ring (bicyclic) bond motifs is 1. The van der Waals surface area contributed by atoms with Gasteiger partial charge in [0.15, 0.2) is 17.0 Å². The molecule has 2 fully saturated rings. The number of rotatable bonds is 10. The van der Waals surface area contributed by atoms with Gasteiger partial charge in [0, 0.05) is 25.3 Å². The number of hydrogen-bond donors (Lipinski definition) is 8. The molecule has 0 spiro atoms. The minimum atomic E-state index is -1.37. The van der Waals surface area contributed by atoms with Crippen molar-refractivity contribution in [2.45, 2.75) is 55.6 Å². The fourth-order valence-electron chi connectivity index (χ4n) is 6.70. The average molecular weight is 672 g/mol. The Morgan fingerprint density at radius 3 is 2.63 bits per heavy atom. The average Bonchev–Trinajstić information content (AvgIpc) is 3.89. The first kappa shape index (κ1) is 32.0. The normalized spacial score (nSPS) is 22.8. The number of nitrogens with zero attached hydrogens (tertiary/aromatic N) is 7. The number of nitrogens with one attached hydrogen (secondary N) is 4. The van der Waals surface area contributed by atoms with E-state index in [1.807, 2.05) is 35.2 Å². The van der Waals surface area contributed by atoms with Crippen molar-refractivity contribution in [1.82, 2.24) is 39.4 Å². The Kier molecular flexibility index (Phi) is 8.85. The molecule has 256 valence electrons. The fraction of sp³-hybridized carbons (Fsp3) is 0.375. The van der Waals surface area contributed by atoms with Crippen LogP contribution in [0.3, 0.4) is 0 Å². The summed E-state index contributed by atoms with van der Waals surface area (Å²) >= 11 is 0. The fourth-order valence-corrected chi connectivity index (χ4v) is 6.70. The minimum absolute atomic E-state index is 0.0935. The first-order chi connectivity index (χ1) is 23.8. The van der Waals surface area contributed by atoms with Gasteiger partial charge >= 0.3 is 11.7 Å². The number of carbonyl (C=O) groups excluding carboxylic acids is 1. The molecule has 1 saturated carbocycles. The highest BCUT2D eigenvalue weighted by Crippen LogP contribution is 2.41. The van der Waals surface area contributed by atoms with E-state index in [4.69, 9.17) is 9.97 Å². The van der Waals surface area contributed by atoms with E-state index < -0.39 is 36.0 Å². The van der Waals surface area contributed by atoms with Crippen molar-refractivity contribution in [3.63, 3.8) is 0 Å². The zero-order valence-corrected chi connectivity index (χ0v) is 26.3. The highest BCUT2D eigenvalue weighted by atomic mass is 16.3. The van der Waals surface area contributed by atoms with Crippen molar-refractivity contribution < 1.29 is 25.2 Å². The van der Waals surface area contributed by atoms with Crippen LogP contribution in [-0.2, 0) is 6.42 Å². The van der Waals surface area contributed by atoms with E-state index in [0.29, 0.717) is 54.5 Å². The van der Waals surface area contributed by atoms with Crippen molar-refractivity contribution >= 4 is 34.6 Å². The Bertz CT molecular complexity index is 1970. The smallest absolute Gasteiger partial charge is 0.328 e. The summed E-state index contributed by atoms with van der Waals surface area (Å²) in [5.74, 6) is 0.353. The second-order valence-electron chi connectivity index (χ2n) is 12.4. The summed E-state index contributed by atoms with van der Waals surface area (Å²) in [6, 6.07) is 10.5. The van der Waals surface area contributed by atoms with Crippen LogP contribution < -0.4 is 26.5 Å². The molecule has 5 heterocycles. The van der Waals surface area contributed by atoms with Crippen LogP contribution in [0, 0.1) is 0 Å². The third-order valence-electron chi connectivity index (χ3n) is 9.12. The molecule has 0 bridgehead atoms. The van der Waals surface area contributed by atoms with E-state index in [9.17, 15) is 30.0 Å². The number of aromatic hydroxyl groups is 1. The maximum atomic E-state index is 12.7. The minimum Gasteiger partial charge on any atom is -0.493 e. The van der Waals surface area contributed by atoms with E-state index >= 15 is 0 Å². The Morgan fingerprint density at radius 1 is 1.08 bits per heavy atom. The molecule has 0 radical (unpaired) electrons. The van der Waals surface area contributed by atoms with Gasteiger partial charge in [0.1, 0.15) is 12.2 Å². The molecule has 17 nitrogen and oxygen atoms in total. The summed E-state index contributed by atoms with van der Waals surface area (Å²) in [7, 11) is 0. The third-order valence-corrected chi connectivity index (χ3v) is 9.12. The molecule has 49 heavy (non-hydrogen) atoms. The summed E-state index contributed by atoms with van der Waals surface area (Å²) in [5, 5.41) is 51.9. The molecule has 2 amide bonds. The molecule has 2 aliphatic rings. The first-order valence-electron chi connectivity index (χ1n) is 16.0. The van der Waals surface area contributed by atoms with Crippen molar-refractivity contribution in [2.24, 2.45) is 0 Å². The van der Waals surface area contributed by atoms with Gasteiger partial charge in [0.25, 0.3) is 0 Å². The molecule has 1 saturated heterocycles. The molecule has 0 unspecified atom stereocenters. The maximum Gasteiger partial charge on any atom is 0.328 e. The Hall–Kier alpha value is -5.52. The molecule has 17 heteroatoms. The number of aromatic amines is 1. The third kappa shape index (κ3) is 6.50. The summed E-state index contributed by atoms with van der Waals surface area (Å²) in [6.07, 6.45) is 4.35. The van der Waals surface area contributed by atoms with Gasteiger partial charge in [-0.3, -0.25) is 9.55 Å². The molecule has 6 atom stereocenters. The van der Waals surface area contributed by atoms with Crippen molar-refractivity contribution in [1.29, 1.82) is 0 Å². The summed E-state index contributed by atoms with van der Waals surface area (Å²) < 4.78 is 2.67. The number of hydrogen-bond acceptors (Lipinski definition) is 12. The lowest BCUT2D eigenvalue weighted by atomic mass is 10.1. The van der Waals surface area contributed by atoms with Crippen LogP contribution in [0.1, 0.15) is 30.5 Å². The van der Waals surface area contributed by atoms with Gasteiger partial charge in [-0.1, -0.05) is 30.3 Å². The van der Waals surface area contributed by atoms with Gasteiger partial charge < -0.3 is 50.8 Å². The number of carbonyl (C=O) groups is 1. The van der Waals surface area contributed by atoms with E-state index in [1.54, 1.807) is 29.1 Å². The molecule has 8 N–H and O–H groups in total. The molecule has 1 aliphatic carbocycles. The van der Waals surface area contributed by atoms with E-state index in [2.05, 4.69) is 30.9 Å². The Labute approximate surface area is 279 Å². The van der Waals surface area contributed by atoms with Gasteiger partial charge in [-0.2, -0.15) is 9.97 Å². The number of aliphatic hydroxyl groups is 3. The van der Waals surface area contributed by atoms with E-state index in [0.717, 1.165) is 16.3 Å². The van der Waals surface area contributed by atoms with Gasteiger partial charge in [-0.15, -0.1) is 0 Å². The predicted octanol–water partition coefficient (Wildman–Crippen LogP) is 0.740. The molecule has 1 aromatic carbocycles. The van der Waals surface area contributed by atoms with Crippen LogP contribution >= 0.6 is 0 Å². The van der Waals surface area contributed by atoms with Crippen molar-refractivity contribution in [3.05, 3.63) is 83.4 Å². The lowest BCUT2D eigenvalue weighted by molar-refractivity contribution is 0.00763. The van der Waals surface area contributed by atoms with Crippen LogP contribution in [0.5, 0.6) is 5.88 Å². The second-order valence-corrected chi connectivity index (χ2v) is 12.4. The van der Waals surface area contributed by atoms with E-state index in [1.165, 1.54) is 6.33 Å². The van der Waals surface area contributed by atoms with Gasteiger partial charge in [-0.25, -0.2) is 14.6 Å². The molecular weight excluding hydrogens is 634 g/mol. The lowest BCUT2D eigenvalue weighted by Crippen LogP contribution is -2.40. The number of H-pyrrole nitrogens is 1. The number of benzene rings is 1. The predicted molar refractivity (Wildman–Crippen MR) is 178 cm³/mol. The zero-order chi connectivity index (χ0) is 34.1. The number of urea groups is 1. The van der Waals surface area contributed by atoms with Crippen molar-refractivity contribution in [3.8, 4) is 5.88 Å². The Balaban J connectivity index is 1.19. The van der Waals surface area contributed by atoms with Crippen LogP contribution in [0.25, 0.3) is 11.2 Å². The number of pyridine rings is 1. The van der Waals surface area contributed by atoms with Crippen LogP contribution in [-0.4, -0.2) is 104 Å². The lowest BCUT2D eigenvalue weighted by Gasteiger charge is -2.22. The topological polar surface area (TPSA) is 232 Å². The second kappa shape index (κ2) is 13.5. The largest absolute Gasteiger partial charge is 0.493 e. The maximum absolute atomic E-state index is 12.7. The Morgan fingerprint density at radius 2 is 1.90 bits per heavy atom. The van der Waals surface area contributed by atoms with Crippen LogP contribution in [0.15, 0.2) is 72.2 Å². The molecular formula is C32H37N11O6. The van der Waals surface area contributed by atoms with Crippen LogP contribution in [0.4, 0.5) is 22.2 Å². The van der Waals surface area contributed by atoms with Crippen molar-refractivity contribution in [2.75, 3.05) is 35.2 Å². The van der Waals surface area contributed by atoms with Gasteiger partial charge in [0.2, 0.25) is 11.8 Å². The molecule has 4 aromatic heterocycles. The van der Waals surface area contributed by atoms with Crippen LogP contribution in [0.2, 0.25) is 0 Å². The molecule has 1 aliphatic heterocycles. The first-order valence-corrected chi connectivity index (χ1v) is 16.0. The SMILES string of the molecule is O=C(Nc1cccnc1)N[C@@H]1CCN(c2nc(N[C@H](CO)Cc3ccccc3)c3ncn([C@@H]4C[C@H](n5c(O)c[nH]c5=O)[C@@H](O)[C@H]4O)c3n2)C1. The van der Waals surface area contributed by atoms with Gasteiger partial charge in [-0.05, 0) is 37.0 Å². The highest BCUT2D eigenvalue weighted by Gasteiger charge is 2.45. The summed E-state index contributed by atoms with van der Waals surface area (Å²) in [6.45, 7) is 0.755. The monoisotopic (exact) mass is 671 g/mol. The molecule has 5 aromatic rings. The number of aromatic nitrogens is 7. The highest BCUT2D eigenvalue weighted by molar-refractivity contribution is 5.89. The standard InChI is InChI=1S/C32H37N11O6/c44-16-21(11-18-5-2-1-3-6-18)36-28-25-29(42(17-35-25)22-12-23(27(47)26(22)46)43-24(45)14-34-32(43)49)40-30(39-28)41-10-8-20(15-41)38-31(48)37-19-7-4-9-33-13-19/h1-7,9,13-14,17,20-23,26-27,44-47H,8,10-12,15-16H2,(H,34,49)(H,36,39,40)(H2,37,38,48)/t20-,21+,22-,23+,26+,27-/m1/s1. The number of aliphatic hydroxyl groups excluding tert-OH is 3. The summed E-state index contributed by atoms with van der Waals surface area (Å²) in [5.41, 5.74) is 1.71. The number of amides is 2. The number of anilines is 3.